The van der Waals surface area contributed by atoms with Crippen molar-refractivity contribution in [3.8, 4) is 50.8 Å². The van der Waals surface area contributed by atoms with Crippen LogP contribution in [0.2, 0.25) is 0 Å². The molecule has 62 heavy (non-hydrogen) atoms. The Hall–Kier alpha value is -7.64. The van der Waals surface area contributed by atoms with E-state index in [-0.39, 0.29) is 0 Å². The molecule has 10 rings (SSSR count). The number of pyridine rings is 1. The third-order valence-electron chi connectivity index (χ3n) is 11.5. The van der Waals surface area contributed by atoms with Crippen LogP contribution < -0.4 is 0 Å². The number of alkyl halides is 6. The van der Waals surface area contributed by atoms with E-state index in [1.807, 2.05) is 97.1 Å². The Morgan fingerprint density at radius 1 is 0.452 bits per heavy atom. The fourth-order valence-electron chi connectivity index (χ4n) is 8.86. The fraction of sp³-hybridized carbons (Fsp3) is 0.0769. The van der Waals surface area contributed by atoms with E-state index >= 15 is 0 Å². The van der Waals surface area contributed by atoms with E-state index in [2.05, 4.69) is 15.2 Å². The molecule has 3 aromatic heterocycles. The summed E-state index contributed by atoms with van der Waals surface area (Å²) < 4.78 is 88.5. The zero-order valence-corrected chi connectivity index (χ0v) is 33.1. The van der Waals surface area contributed by atoms with Crippen LogP contribution in [0.4, 0.5) is 26.3 Å². The van der Waals surface area contributed by atoms with Gasteiger partial charge in [-0.1, -0.05) is 84.9 Å². The smallest absolute Gasteiger partial charge is 0.307 e. The SMILES string of the molecule is Cc1cc(-c2ccc3c4ccccc4n(-c4cncc(-n5c6ccccc6c6ccc(-c7cc(C)cc(C(F)(F)F)c7)cc65)c4-c4cccc(C#N)c4)c3c2)cc(C(F)(F)F)c1. The zero-order chi connectivity index (χ0) is 43.1. The summed E-state index contributed by atoms with van der Waals surface area (Å²) in [6.45, 7) is 3.29. The lowest BCUT2D eigenvalue weighted by Crippen LogP contribution is -2.06. The predicted molar refractivity (Wildman–Crippen MR) is 233 cm³/mol. The molecule has 4 nitrogen and oxygen atoms in total. The van der Waals surface area contributed by atoms with Crippen molar-refractivity contribution >= 4 is 43.6 Å². The van der Waals surface area contributed by atoms with Gasteiger partial charge in [0.2, 0.25) is 0 Å². The molecule has 0 radical (unpaired) electrons. The Balaban J connectivity index is 1.30. The first kappa shape index (κ1) is 38.6. The number of nitrogens with zero attached hydrogens (tertiary/aromatic N) is 4. The molecular formula is C52H32F6N4. The number of benzene rings is 7. The van der Waals surface area contributed by atoms with Crippen LogP contribution in [0.5, 0.6) is 0 Å². The number of rotatable bonds is 5. The van der Waals surface area contributed by atoms with Gasteiger partial charge in [-0.3, -0.25) is 4.98 Å². The highest BCUT2D eigenvalue weighted by Gasteiger charge is 2.32. The van der Waals surface area contributed by atoms with Crippen LogP contribution in [0.25, 0.3) is 88.4 Å². The standard InChI is InChI=1S/C52H32F6N4/c1-30-18-36(23-38(20-30)51(53,54)55)33-14-16-42-40-10-3-5-12-44(40)61(46(42)25-33)48-28-60-29-49(50(48)35-9-7-8-32(22-35)27-59)62-45-13-6-4-11-41(45)43-17-15-34(26-47(43)62)37-19-31(2)21-39(24-37)52(56,57)58/h3-26,28-29H,1-2H3. The van der Waals surface area contributed by atoms with Gasteiger partial charge in [0.05, 0.1) is 68.6 Å². The van der Waals surface area contributed by atoms with Gasteiger partial charge in [-0.2, -0.15) is 31.6 Å². The van der Waals surface area contributed by atoms with Gasteiger partial charge in [0.25, 0.3) is 0 Å². The Bertz CT molecular complexity index is 3290. The van der Waals surface area contributed by atoms with Gasteiger partial charge in [0.15, 0.2) is 0 Å². The van der Waals surface area contributed by atoms with Crippen LogP contribution in [0.3, 0.4) is 0 Å². The maximum absolute atomic E-state index is 14.1. The number of halogens is 6. The Morgan fingerprint density at radius 2 is 0.919 bits per heavy atom. The Morgan fingerprint density at radius 3 is 1.39 bits per heavy atom. The molecule has 0 unspecified atom stereocenters. The molecule has 0 aliphatic rings. The average molecular weight is 827 g/mol. The zero-order valence-electron chi connectivity index (χ0n) is 33.1. The van der Waals surface area contributed by atoms with E-state index in [1.165, 1.54) is 12.1 Å². The second-order valence-corrected chi connectivity index (χ2v) is 15.6. The summed E-state index contributed by atoms with van der Waals surface area (Å²) in [6.07, 6.45) is -5.57. The Kier molecular flexibility index (Phi) is 8.85. The molecule has 0 saturated carbocycles. The number of aromatic nitrogens is 3. The normalized spacial score (nSPS) is 12.2. The van der Waals surface area contributed by atoms with Crippen LogP contribution >= 0.6 is 0 Å². The quantitative estimate of drug-likeness (QED) is 0.162. The topological polar surface area (TPSA) is 46.5 Å². The van der Waals surface area contributed by atoms with Crippen LogP contribution in [0.15, 0.2) is 158 Å². The van der Waals surface area contributed by atoms with Crippen LogP contribution in [0.1, 0.15) is 27.8 Å². The molecule has 7 aromatic carbocycles. The summed E-state index contributed by atoms with van der Waals surface area (Å²) in [5.74, 6) is 0. The number of aryl methyl sites for hydroxylation is 2. The predicted octanol–water partition coefficient (Wildman–Crippen LogP) is 14.8. The largest absolute Gasteiger partial charge is 0.416 e. The molecule has 0 saturated heterocycles. The minimum atomic E-state index is -4.53. The first-order valence-corrected chi connectivity index (χ1v) is 19.7. The van der Waals surface area contributed by atoms with Gasteiger partial charge in [-0.15, -0.1) is 0 Å². The number of hydrogen-bond acceptors (Lipinski definition) is 2. The van der Waals surface area contributed by atoms with E-state index in [9.17, 15) is 31.6 Å². The van der Waals surface area contributed by atoms with Crippen molar-refractivity contribution in [1.82, 2.24) is 14.1 Å². The van der Waals surface area contributed by atoms with E-state index < -0.39 is 23.5 Å². The van der Waals surface area contributed by atoms with Gasteiger partial charge in [0.1, 0.15) is 0 Å². The van der Waals surface area contributed by atoms with Crippen molar-refractivity contribution in [3.05, 3.63) is 186 Å². The van der Waals surface area contributed by atoms with Crippen molar-refractivity contribution < 1.29 is 26.3 Å². The molecule has 0 fully saturated rings. The van der Waals surface area contributed by atoms with Crippen molar-refractivity contribution in [1.29, 1.82) is 5.26 Å². The molecular weight excluding hydrogens is 795 g/mol. The number of nitriles is 1. The van der Waals surface area contributed by atoms with Crippen molar-refractivity contribution in [2.75, 3.05) is 0 Å². The molecule has 0 aliphatic carbocycles. The molecule has 0 bridgehead atoms. The van der Waals surface area contributed by atoms with Crippen LogP contribution in [-0.4, -0.2) is 14.1 Å². The molecule has 302 valence electrons. The van der Waals surface area contributed by atoms with E-state index in [1.54, 1.807) is 50.5 Å². The van der Waals surface area contributed by atoms with Gasteiger partial charge >= 0.3 is 12.4 Å². The second kappa shape index (κ2) is 14.2. The summed E-state index contributed by atoms with van der Waals surface area (Å²) >= 11 is 0. The van der Waals surface area contributed by atoms with Crippen LogP contribution in [0, 0.1) is 25.2 Å². The lowest BCUT2D eigenvalue weighted by atomic mass is 9.98. The van der Waals surface area contributed by atoms with E-state index in [0.717, 1.165) is 55.7 Å². The van der Waals surface area contributed by atoms with Gasteiger partial charge in [-0.25, -0.2) is 0 Å². The highest BCUT2D eigenvalue weighted by molar-refractivity contribution is 6.13. The monoisotopic (exact) mass is 826 g/mol. The molecule has 0 amide bonds. The van der Waals surface area contributed by atoms with E-state index in [0.29, 0.717) is 61.4 Å². The summed E-state index contributed by atoms with van der Waals surface area (Å²) in [5.41, 5.74) is 7.67. The molecule has 10 aromatic rings. The third kappa shape index (κ3) is 6.45. The number of fused-ring (bicyclic) bond motifs is 6. The summed E-state index contributed by atoms with van der Waals surface area (Å²) in [7, 11) is 0. The third-order valence-corrected chi connectivity index (χ3v) is 11.5. The van der Waals surface area contributed by atoms with Crippen molar-refractivity contribution in [2.24, 2.45) is 0 Å². The second-order valence-electron chi connectivity index (χ2n) is 15.6. The van der Waals surface area contributed by atoms with Gasteiger partial charge < -0.3 is 9.13 Å². The lowest BCUT2D eigenvalue weighted by molar-refractivity contribution is -0.138. The molecule has 10 heteroatoms. The fourth-order valence-corrected chi connectivity index (χ4v) is 8.86. The van der Waals surface area contributed by atoms with Crippen molar-refractivity contribution in [2.45, 2.75) is 26.2 Å². The lowest BCUT2D eigenvalue weighted by Gasteiger charge is -2.20. The molecule has 0 spiro atoms. The van der Waals surface area contributed by atoms with Crippen LogP contribution in [-0.2, 0) is 12.4 Å². The molecule has 0 atom stereocenters. The van der Waals surface area contributed by atoms with E-state index in [4.69, 9.17) is 4.98 Å². The average Bonchev–Trinajstić information content (AvgIpc) is 3.77. The Labute approximate surface area is 351 Å². The van der Waals surface area contributed by atoms with Gasteiger partial charge in [0, 0.05) is 27.1 Å². The molecule has 3 heterocycles. The first-order chi connectivity index (χ1) is 29.8. The molecule has 0 aliphatic heterocycles. The minimum absolute atomic E-state index is 0.418. The summed E-state index contributed by atoms with van der Waals surface area (Å²) in [4.78, 5) is 4.86. The summed E-state index contributed by atoms with van der Waals surface area (Å²) in [6, 6.07) is 44.6. The maximum Gasteiger partial charge on any atom is 0.416 e. The number of para-hydroxylation sites is 2. The number of hydrogen-bond donors (Lipinski definition) is 0. The van der Waals surface area contributed by atoms with Gasteiger partial charge in [-0.05, 0) is 113 Å². The molecule has 0 N–H and O–H groups in total. The van der Waals surface area contributed by atoms with Crippen molar-refractivity contribution in [3.63, 3.8) is 0 Å². The maximum atomic E-state index is 14.1. The minimum Gasteiger partial charge on any atom is -0.307 e. The summed E-state index contributed by atoms with van der Waals surface area (Å²) in [5, 5.41) is 13.7. The highest BCUT2D eigenvalue weighted by Crippen LogP contribution is 2.44. The first-order valence-electron chi connectivity index (χ1n) is 19.7. The highest BCUT2D eigenvalue weighted by atomic mass is 19.4.